The average Bonchev–Trinajstić information content (AvgIpc) is 3.46. The molecule has 9 heteroatoms. The van der Waals surface area contributed by atoms with Crippen LogP contribution in [0.1, 0.15) is 42.8 Å². The van der Waals surface area contributed by atoms with E-state index in [0.717, 1.165) is 30.3 Å². The van der Waals surface area contributed by atoms with Crippen LogP contribution >= 0.6 is 11.3 Å². The highest BCUT2D eigenvalue weighted by Crippen LogP contribution is 2.45. The number of nitrogens with zero attached hydrogens (tertiary/aromatic N) is 2. The summed E-state index contributed by atoms with van der Waals surface area (Å²) in [4.78, 5) is 45.1. The van der Waals surface area contributed by atoms with Crippen LogP contribution in [-0.4, -0.2) is 34.9 Å². The minimum Gasteiger partial charge on any atom is -0.348 e. The molecule has 5 rings (SSSR count). The number of nitrogens with one attached hydrogen (secondary N) is 3. The van der Waals surface area contributed by atoms with Crippen molar-refractivity contribution in [3.63, 3.8) is 0 Å². The molecular formula is C25H27N5O3S. The number of carbonyl (C=O) groups is 3. The molecule has 2 atom stereocenters. The van der Waals surface area contributed by atoms with Crippen molar-refractivity contribution < 1.29 is 14.4 Å². The van der Waals surface area contributed by atoms with Crippen molar-refractivity contribution in [3.8, 4) is 0 Å². The lowest BCUT2D eigenvalue weighted by molar-refractivity contribution is -0.117. The highest BCUT2D eigenvalue weighted by Gasteiger charge is 2.35. The molecule has 1 aliphatic carbocycles. The van der Waals surface area contributed by atoms with Gasteiger partial charge >= 0.3 is 6.03 Å². The van der Waals surface area contributed by atoms with E-state index in [0.29, 0.717) is 21.1 Å². The van der Waals surface area contributed by atoms with Crippen molar-refractivity contribution in [2.24, 2.45) is 0 Å². The molecule has 0 unspecified atom stereocenters. The molecule has 176 valence electrons. The molecule has 2 aliphatic rings. The molecule has 4 amide bonds. The number of benzene rings is 1. The van der Waals surface area contributed by atoms with Crippen LogP contribution in [-0.2, 0) is 4.79 Å². The zero-order valence-electron chi connectivity index (χ0n) is 19.1. The number of hydrogen-bond donors (Lipinski definition) is 3. The van der Waals surface area contributed by atoms with E-state index in [4.69, 9.17) is 0 Å². The molecular weight excluding hydrogens is 450 g/mol. The second-order valence-corrected chi connectivity index (χ2v) is 8.75. The lowest BCUT2D eigenvalue weighted by Crippen LogP contribution is -2.48. The number of hydrogen-bond acceptors (Lipinski definition) is 5. The third kappa shape index (κ3) is 4.26. The van der Waals surface area contributed by atoms with Crippen LogP contribution in [0.25, 0.3) is 10.2 Å². The molecule has 1 aromatic carbocycles. The topological polar surface area (TPSA) is 103 Å². The quantitative estimate of drug-likeness (QED) is 0.452. The summed E-state index contributed by atoms with van der Waals surface area (Å²) in [6, 6.07) is 10.5. The van der Waals surface area contributed by atoms with E-state index in [1.54, 1.807) is 17.2 Å². The number of pyridine rings is 1. The number of para-hydroxylation sites is 1. The van der Waals surface area contributed by atoms with Gasteiger partial charge in [-0.2, -0.15) is 0 Å². The Balaban J connectivity index is 0.00000133. The zero-order chi connectivity index (χ0) is 24.2. The Morgan fingerprint density at radius 2 is 1.85 bits per heavy atom. The summed E-state index contributed by atoms with van der Waals surface area (Å²) in [5.74, 6) is -0.539. The predicted molar refractivity (Wildman–Crippen MR) is 136 cm³/mol. The lowest BCUT2D eigenvalue weighted by Gasteiger charge is -2.28. The number of rotatable bonds is 5. The molecule has 34 heavy (non-hydrogen) atoms. The van der Waals surface area contributed by atoms with Crippen LogP contribution in [0.2, 0.25) is 0 Å². The molecule has 1 saturated carbocycles. The van der Waals surface area contributed by atoms with E-state index in [1.807, 2.05) is 44.2 Å². The second kappa shape index (κ2) is 10.0. The Morgan fingerprint density at radius 3 is 2.56 bits per heavy atom. The van der Waals surface area contributed by atoms with E-state index >= 15 is 0 Å². The first-order chi connectivity index (χ1) is 16.6. The maximum atomic E-state index is 13.2. The van der Waals surface area contributed by atoms with Gasteiger partial charge in [0.2, 0.25) is 5.91 Å². The van der Waals surface area contributed by atoms with Crippen molar-refractivity contribution in [3.05, 3.63) is 60.1 Å². The molecule has 3 heterocycles. The number of aromatic nitrogens is 1. The van der Waals surface area contributed by atoms with Gasteiger partial charge in [-0.15, -0.1) is 11.3 Å². The lowest BCUT2D eigenvalue weighted by atomic mass is 10.1. The van der Waals surface area contributed by atoms with Crippen molar-refractivity contribution in [1.29, 1.82) is 0 Å². The minimum absolute atomic E-state index is 0.146. The van der Waals surface area contributed by atoms with Crippen LogP contribution in [0.15, 0.2) is 55.3 Å². The first kappa shape index (κ1) is 23.4. The summed E-state index contributed by atoms with van der Waals surface area (Å²) in [6.45, 7) is 7.48. The van der Waals surface area contributed by atoms with Gasteiger partial charge in [-0.25, -0.2) is 9.78 Å². The van der Waals surface area contributed by atoms with Gasteiger partial charge in [-0.05, 0) is 43.5 Å². The fourth-order valence-corrected chi connectivity index (χ4v) is 5.38. The summed E-state index contributed by atoms with van der Waals surface area (Å²) in [5, 5.41) is 9.56. The van der Waals surface area contributed by atoms with Gasteiger partial charge in [-0.1, -0.05) is 38.6 Å². The summed E-state index contributed by atoms with van der Waals surface area (Å²) in [6.07, 6.45) is 5.34. The largest absolute Gasteiger partial charge is 0.348 e. The van der Waals surface area contributed by atoms with Crippen LogP contribution in [0.5, 0.6) is 0 Å². The van der Waals surface area contributed by atoms with Crippen molar-refractivity contribution in [1.82, 2.24) is 15.6 Å². The van der Waals surface area contributed by atoms with Gasteiger partial charge in [0, 0.05) is 18.3 Å². The normalized spacial score (nSPS) is 18.5. The second-order valence-electron chi connectivity index (χ2n) is 7.75. The fourth-order valence-electron chi connectivity index (χ4n) is 4.36. The Bertz CT molecular complexity index is 1240. The van der Waals surface area contributed by atoms with Crippen molar-refractivity contribution in [2.45, 2.75) is 45.2 Å². The first-order valence-electron chi connectivity index (χ1n) is 11.4. The summed E-state index contributed by atoms with van der Waals surface area (Å²) >= 11 is 1.24. The molecule has 8 nitrogen and oxygen atoms in total. The number of carbonyl (C=O) groups excluding carboxylic acids is 3. The number of anilines is 3. The van der Waals surface area contributed by atoms with Crippen LogP contribution in [0.3, 0.4) is 0 Å². The van der Waals surface area contributed by atoms with E-state index in [2.05, 4.69) is 27.5 Å². The third-order valence-electron chi connectivity index (χ3n) is 5.81. The summed E-state index contributed by atoms with van der Waals surface area (Å²) in [7, 11) is 0. The first-order valence-corrected chi connectivity index (χ1v) is 12.2. The van der Waals surface area contributed by atoms with Gasteiger partial charge in [0.1, 0.15) is 9.71 Å². The molecule has 0 saturated heterocycles. The Kier molecular flexibility index (Phi) is 6.93. The van der Waals surface area contributed by atoms with Gasteiger partial charge in [-0.3, -0.25) is 14.5 Å². The Labute approximate surface area is 202 Å². The third-order valence-corrected chi connectivity index (χ3v) is 6.91. The van der Waals surface area contributed by atoms with Gasteiger partial charge in [0.05, 0.1) is 22.4 Å². The van der Waals surface area contributed by atoms with Gasteiger partial charge in [0.15, 0.2) is 0 Å². The molecule has 0 spiro atoms. The van der Waals surface area contributed by atoms with Crippen molar-refractivity contribution in [2.75, 3.05) is 10.2 Å². The zero-order valence-corrected chi connectivity index (χ0v) is 19.9. The molecule has 1 aliphatic heterocycles. The highest BCUT2D eigenvalue weighted by atomic mass is 32.1. The number of urea groups is 1. The average molecular weight is 478 g/mol. The smallest absolute Gasteiger partial charge is 0.331 e. The monoisotopic (exact) mass is 477 g/mol. The molecule has 3 aromatic rings. The predicted octanol–water partition coefficient (Wildman–Crippen LogP) is 4.96. The SMILES string of the molecule is C=CC(=O)N[C@@H]1CCC[C@@H]1NC(=O)c1sc2nccc3c2c1NC(=O)N3c1ccccc1.CC. The van der Waals surface area contributed by atoms with Crippen molar-refractivity contribution >= 4 is 56.5 Å². The van der Waals surface area contributed by atoms with E-state index in [9.17, 15) is 14.4 Å². The van der Waals surface area contributed by atoms with E-state index in [1.165, 1.54) is 17.4 Å². The van der Waals surface area contributed by atoms with Gasteiger partial charge < -0.3 is 16.0 Å². The maximum Gasteiger partial charge on any atom is 0.331 e. The standard InChI is InChI=1S/C23H21N5O3S.C2H6/c1-2-17(29)25-14-9-6-10-15(14)26-21(30)20-19-18-16(11-12-24-22(18)32-20)28(23(31)27-19)13-7-4-3-5-8-13;1-2/h2-5,7-8,11-12,14-15H,1,6,9-10H2,(H,25,29)(H,26,30)(H,27,31);1-2H3/t14-,15+;/m1./s1. The number of thiophene rings is 1. The van der Waals surface area contributed by atoms with E-state index in [-0.39, 0.29) is 29.9 Å². The van der Waals surface area contributed by atoms with Crippen LogP contribution in [0, 0.1) is 0 Å². The number of amides is 4. The fraction of sp³-hybridized carbons (Fsp3) is 0.280. The molecule has 0 radical (unpaired) electrons. The van der Waals surface area contributed by atoms with E-state index < -0.39 is 0 Å². The molecule has 2 aromatic heterocycles. The maximum absolute atomic E-state index is 13.2. The highest BCUT2D eigenvalue weighted by molar-refractivity contribution is 7.21. The van der Waals surface area contributed by atoms with Crippen LogP contribution < -0.4 is 20.9 Å². The molecule has 1 fully saturated rings. The minimum atomic E-state index is -0.333. The van der Waals surface area contributed by atoms with Gasteiger partial charge in [0.25, 0.3) is 5.91 Å². The summed E-state index contributed by atoms with van der Waals surface area (Å²) < 4.78 is 0. The summed E-state index contributed by atoms with van der Waals surface area (Å²) in [5.41, 5.74) is 1.90. The molecule has 0 bridgehead atoms. The Hall–Kier alpha value is -3.72. The molecule has 3 N–H and O–H groups in total. The van der Waals surface area contributed by atoms with Crippen LogP contribution in [0.4, 0.5) is 21.9 Å². The Morgan fingerprint density at radius 1 is 1.15 bits per heavy atom.